The van der Waals surface area contributed by atoms with E-state index in [0.29, 0.717) is 19.6 Å². The van der Waals surface area contributed by atoms with Crippen LogP contribution in [0.1, 0.15) is 42.7 Å². The molecule has 4 aliphatic rings. The highest BCUT2D eigenvalue weighted by atomic mass is 16.5. The number of alkyl carbamates (subject to hydrolysis) is 1. The molecular formula is C28H30N2O5. The number of likely N-dealkylation sites (tertiary alicyclic amines) is 1. The van der Waals surface area contributed by atoms with Crippen molar-refractivity contribution >= 4 is 18.0 Å². The van der Waals surface area contributed by atoms with Gasteiger partial charge in [-0.25, -0.2) is 4.79 Å². The third kappa shape index (κ3) is 3.77. The van der Waals surface area contributed by atoms with E-state index in [1.807, 2.05) is 24.3 Å². The van der Waals surface area contributed by atoms with Gasteiger partial charge in [-0.2, -0.15) is 0 Å². The normalized spacial score (nSPS) is 25.5. The van der Waals surface area contributed by atoms with E-state index in [1.54, 1.807) is 4.90 Å². The number of benzene rings is 2. The molecule has 3 fully saturated rings. The zero-order valence-corrected chi connectivity index (χ0v) is 19.6. The molecule has 1 spiro atoms. The lowest BCUT2D eigenvalue weighted by atomic mass is 9.63. The lowest BCUT2D eigenvalue weighted by Gasteiger charge is -2.40. The Bertz CT molecular complexity index is 1140. The Balaban J connectivity index is 0.998. The van der Waals surface area contributed by atoms with Crippen molar-refractivity contribution in [3.8, 4) is 11.1 Å². The van der Waals surface area contributed by atoms with Crippen LogP contribution in [-0.2, 0) is 14.3 Å². The number of rotatable bonds is 6. The number of ether oxygens (including phenoxy) is 1. The van der Waals surface area contributed by atoms with E-state index in [2.05, 4.69) is 29.6 Å². The molecule has 182 valence electrons. The standard InChI is InChI=1S/C28H30N2O5/c31-25(30-14-24(26(32)33)28(16-30)10-5-11-28)22-12-17(22)13-29-27(34)35-15-23-20-8-3-1-6-18(20)19-7-2-4-9-21(19)23/h1-4,6-9,17,22-24H,5,10-16H2,(H,29,34)(H,32,33)/t17-,22-,24?/m1/s1. The van der Waals surface area contributed by atoms with Crippen molar-refractivity contribution in [2.45, 2.75) is 31.6 Å². The fourth-order valence-electron chi connectivity index (χ4n) is 6.49. The average Bonchev–Trinajstić information content (AvgIpc) is 3.37. The number of carboxylic acids is 1. The van der Waals surface area contributed by atoms with Crippen LogP contribution in [0, 0.1) is 23.2 Å². The van der Waals surface area contributed by atoms with E-state index >= 15 is 0 Å². The molecule has 7 nitrogen and oxygen atoms in total. The van der Waals surface area contributed by atoms with E-state index in [4.69, 9.17) is 4.74 Å². The van der Waals surface area contributed by atoms with Gasteiger partial charge in [0.25, 0.3) is 0 Å². The van der Waals surface area contributed by atoms with Gasteiger partial charge in [0.1, 0.15) is 6.61 Å². The van der Waals surface area contributed by atoms with Crippen LogP contribution < -0.4 is 5.32 Å². The number of carbonyl (C=O) groups excluding carboxylic acids is 2. The first kappa shape index (κ1) is 22.1. The zero-order chi connectivity index (χ0) is 24.2. The first-order valence-electron chi connectivity index (χ1n) is 12.6. The van der Waals surface area contributed by atoms with Crippen LogP contribution in [0.15, 0.2) is 48.5 Å². The molecule has 2 amide bonds. The highest BCUT2D eigenvalue weighted by Crippen LogP contribution is 2.53. The Labute approximate surface area is 204 Å². The number of fused-ring (bicyclic) bond motifs is 3. The van der Waals surface area contributed by atoms with E-state index in [1.165, 1.54) is 22.3 Å². The van der Waals surface area contributed by atoms with Crippen molar-refractivity contribution in [3.63, 3.8) is 0 Å². The monoisotopic (exact) mass is 474 g/mol. The predicted molar refractivity (Wildman–Crippen MR) is 129 cm³/mol. The second-order valence-corrected chi connectivity index (χ2v) is 10.6. The maximum atomic E-state index is 13.0. The smallest absolute Gasteiger partial charge is 0.407 e. The molecule has 2 N–H and O–H groups in total. The number of carbonyl (C=O) groups is 3. The highest BCUT2D eigenvalue weighted by Gasteiger charge is 2.56. The number of aliphatic carboxylic acids is 1. The summed E-state index contributed by atoms with van der Waals surface area (Å²) in [5, 5.41) is 12.4. The third-order valence-electron chi connectivity index (χ3n) is 8.70. The lowest BCUT2D eigenvalue weighted by molar-refractivity contribution is -0.146. The minimum absolute atomic E-state index is 0.0135. The SMILES string of the molecule is O=C(NC[C@H]1C[C@H]1C(=O)N1CC(C(=O)O)C2(CCC2)C1)OCC1c2ccccc2-c2ccccc21. The van der Waals surface area contributed by atoms with Gasteiger partial charge in [0.2, 0.25) is 5.91 Å². The van der Waals surface area contributed by atoms with Crippen molar-refractivity contribution in [1.82, 2.24) is 10.2 Å². The molecule has 1 heterocycles. The molecule has 1 unspecified atom stereocenters. The Morgan fingerprint density at radius 2 is 1.69 bits per heavy atom. The molecule has 6 rings (SSSR count). The number of amides is 2. The van der Waals surface area contributed by atoms with Gasteiger partial charge in [-0.15, -0.1) is 0 Å². The molecule has 0 bridgehead atoms. The van der Waals surface area contributed by atoms with Crippen LogP contribution in [0.5, 0.6) is 0 Å². The van der Waals surface area contributed by atoms with Crippen molar-refractivity contribution in [2.75, 3.05) is 26.2 Å². The average molecular weight is 475 g/mol. The zero-order valence-electron chi connectivity index (χ0n) is 19.6. The molecule has 35 heavy (non-hydrogen) atoms. The molecule has 0 aromatic heterocycles. The van der Waals surface area contributed by atoms with Gasteiger partial charge >= 0.3 is 12.1 Å². The summed E-state index contributed by atoms with van der Waals surface area (Å²) >= 11 is 0. The molecule has 0 radical (unpaired) electrons. The van der Waals surface area contributed by atoms with Gasteiger partial charge in [-0.3, -0.25) is 9.59 Å². The largest absolute Gasteiger partial charge is 0.481 e. The summed E-state index contributed by atoms with van der Waals surface area (Å²) in [6.07, 6.45) is 3.09. The Morgan fingerprint density at radius 3 is 2.26 bits per heavy atom. The quantitative estimate of drug-likeness (QED) is 0.663. The molecule has 1 saturated heterocycles. The fraction of sp³-hybridized carbons (Fsp3) is 0.464. The number of nitrogens with one attached hydrogen (secondary N) is 1. The highest BCUT2D eigenvalue weighted by molar-refractivity contribution is 5.84. The van der Waals surface area contributed by atoms with Crippen molar-refractivity contribution in [2.24, 2.45) is 23.2 Å². The van der Waals surface area contributed by atoms with Crippen LogP contribution >= 0.6 is 0 Å². The molecule has 3 atom stereocenters. The number of hydrogen-bond acceptors (Lipinski definition) is 4. The topological polar surface area (TPSA) is 95.9 Å². The molecular weight excluding hydrogens is 444 g/mol. The molecule has 7 heteroatoms. The number of carboxylic acid groups (broad SMARTS) is 1. The van der Waals surface area contributed by atoms with Gasteiger partial charge in [0.15, 0.2) is 0 Å². The second-order valence-electron chi connectivity index (χ2n) is 10.6. The van der Waals surface area contributed by atoms with Crippen LogP contribution in [0.25, 0.3) is 11.1 Å². The van der Waals surface area contributed by atoms with Gasteiger partial charge in [0.05, 0.1) is 5.92 Å². The van der Waals surface area contributed by atoms with Crippen LogP contribution in [0.3, 0.4) is 0 Å². The van der Waals surface area contributed by atoms with Gasteiger partial charge in [0, 0.05) is 36.9 Å². The van der Waals surface area contributed by atoms with Crippen molar-refractivity contribution < 1.29 is 24.2 Å². The Morgan fingerprint density at radius 1 is 1.03 bits per heavy atom. The van der Waals surface area contributed by atoms with Crippen LogP contribution in [0.2, 0.25) is 0 Å². The first-order chi connectivity index (χ1) is 17.0. The summed E-state index contributed by atoms with van der Waals surface area (Å²) in [6, 6.07) is 16.4. The van der Waals surface area contributed by atoms with Crippen molar-refractivity contribution in [1.29, 1.82) is 0 Å². The third-order valence-corrected chi connectivity index (χ3v) is 8.70. The van der Waals surface area contributed by atoms with Gasteiger partial charge < -0.3 is 20.1 Å². The minimum atomic E-state index is -0.788. The lowest BCUT2D eigenvalue weighted by Crippen LogP contribution is -2.41. The van der Waals surface area contributed by atoms with Crippen molar-refractivity contribution in [3.05, 3.63) is 59.7 Å². The second kappa shape index (κ2) is 8.40. The van der Waals surface area contributed by atoms with E-state index in [9.17, 15) is 19.5 Å². The van der Waals surface area contributed by atoms with Gasteiger partial charge in [-0.1, -0.05) is 55.0 Å². The molecule has 2 aromatic rings. The maximum Gasteiger partial charge on any atom is 0.407 e. The van der Waals surface area contributed by atoms with Gasteiger partial charge in [-0.05, 0) is 47.4 Å². The van der Waals surface area contributed by atoms with Crippen LogP contribution in [0.4, 0.5) is 4.79 Å². The first-order valence-corrected chi connectivity index (χ1v) is 12.6. The summed E-state index contributed by atoms with van der Waals surface area (Å²) in [5.74, 6) is -1.22. The Kier molecular flexibility index (Phi) is 5.31. The number of hydrogen-bond donors (Lipinski definition) is 2. The summed E-state index contributed by atoms with van der Waals surface area (Å²) < 4.78 is 5.59. The summed E-state index contributed by atoms with van der Waals surface area (Å²) in [5.41, 5.74) is 4.50. The molecule has 2 aromatic carbocycles. The Hall–Kier alpha value is -3.35. The van der Waals surface area contributed by atoms with Crippen LogP contribution in [-0.4, -0.2) is 54.2 Å². The van der Waals surface area contributed by atoms with E-state index < -0.39 is 18.0 Å². The predicted octanol–water partition coefficient (Wildman–Crippen LogP) is 3.87. The van der Waals surface area contributed by atoms with E-state index in [0.717, 1.165) is 25.7 Å². The molecule has 1 aliphatic heterocycles. The molecule has 3 aliphatic carbocycles. The van der Waals surface area contributed by atoms with E-state index in [-0.39, 0.29) is 35.7 Å². The fourth-order valence-corrected chi connectivity index (χ4v) is 6.49. The number of nitrogens with zero attached hydrogens (tertiary/aromatic N) is 1. The maximum absolute atomic E-state index is 13.0. The minimum Gasteiger partial charge on any atom is -0.481 e. The summed E-state index contributed by atoms with van der Waals surface area (Å²) in [6.45, 7) is 1.54. The molecule has 2 saturated carbocycles. The summed E-state index contributed by atoms with van der Waals surface area (Å²) in [4.78, 5) is 38.9. The summed E-state index contributed by atoms with van der Waals surface area (Å²) in [7, 11) is 0.